The number of aromatic nitrogens is 1. The number of hydrogen-bond donors (Lipinski definition) is 1. The molecule has 0 radical (unpaired) electrons. The van der Waals surface area contributed by atoms with E-state index in [2.05, 4.69) is 15.0 Å². The van der Waals surface area contributed by atoms with Crippen molar-refractivity contribution < 1.29 is 35.7 Å². The maximum atomic E-state index is 12.4. The molecular formula is C12H14F3N3O5S. The molecule has 1 aliphatic rings. The van der Waals surface area contributed by atoms with Gasteiger partial charge in [0.25, 0.3) is 5.91 Å². The summed E-state index contributed by atoms with van der Waals surface area (Å²) in [4.78, 5) is 25.2. The Balaban J connectivity index is 1.96. The Bertz CT molecular complexity index is 729. The first-order chi connectivity index (χ1) is 11.0. The summed E-state index contributed by atoms with van der Waals surface area (Å²) in [5.41, 5.74) is -1.35. The molecule has 24 heavy (non-hydrogen) atoms. The molecule has 0 aromatic carbocycles. The second-order valence-electron chi connectivity index (χ2n) is 5.25. The molecule has 2 rings (SSSR count). The molecule has 2 heterocycles. The van der Waals surface area contributed by atoms with Gasteiger partial charge in [0.1, 0.15) is 6.04 Å². The van der Waals surface area contributed by atoms with Crippen molar-refractivity contribution in [3.05, 3.63) is 17.5 Å². The highest BCUT2D eigenvalue weighted by Gasteiger charge is 2.36. The van der Waals surface area contributed by atoms with E-state index in [1.807, 2.05) is 0 Å². The highest BCUT2D eigenvalue weighted by molar-refractivity contribution is 7.91. The van der Waals surface area contributed by atoms with Crippen LogP contribution in [0, 0.1) is 0 Å². The minimum atomic E-state index is -4.75. The Morgan fingerprint density at radius 1 is 1.33 bits per heavy atom. The summed E-state index contributed by atoms with van der Waals surface area (Å²) < 4.78 is 64.1. The lowest BCUT2D eigenvalue weighted by molar-refractivity contribution is -0.142. The number of nitrogens with one attached hydrogen (secondary N) is 1. The molecule has 0 bridgehead atoms. The van der Waals surface area contributed by atoms with Crippen LogP contribution in [0.3, 0.4) is 0 Å². The van der Waals surface area contributed by atoms with Gasteiger partial charge in [0.2, 0.25) is 11.7 Å². The Hall–Kier alpha value is -2.11. The Morgan fingerprint density at radius 2 is 1.92 bits per heavy atom. The number of sulfone groups is 1. The molecule has 1 aromatic heterocycles. The van der Waals surface area contributed by atoms with Crippen LogP contribution in [0.15, 0.2) is 10.6 Å². The standard InChI is InChI=1S/C12H14F3N3O5S/c1-7(11(20)18-2-4-24(21,22)5-3-18)16-10(19)8-6-9(17-23-8)12(13,14)15/h6-7H,2-5H2,1H3,(H,16,19). The van der Waals surface area contributed by atoms with Gasteiger partial charge in [0.15, 0.2) is 15.5 Å². The summed E-state index contributed by atoms with van der Waals surface area (Å²) in [6.07, 6.45) is -4.75. The van der Waals surface area contributed by atoms with Crippen LogP contribution < -0.4 is 5.32 Å². The van der Waals surface area contributed by atoms with Crippen molar-refractivity contribution in [2.24, 2.45) is 0 Å². The fraction of sp³-hybridized carbons (Fsp3) is 0.583. The number of carbonyl (C=O) groups is 2. The first-order valence-electron chi connectivity index (χ1n) is 6.83. The van der Waals surface area contributed by atoms with E-state index in [9.17, 15) is 31.2 Å². The first-order valence-corrected chi connectivity index (χ1v) is 8.66. The van der Waals surface area contributed by atoms with Crippen LogP contribution in [-0.4, -0.2) is 60.9 Å². The van der Waals surface area contributed by atoms with Gasteiger partial charge in [-0.25, -0.2) is 8.42 Å². The predicted octanol–water partition coefficient (Wildman–Crippen LogP) is 0.0687. The number of halogens is 3. The zero-order chi connectivity index (χ0) is 18.1. The van der Waals surface area contributed by atoms with Gasteiger partial charge in [0.05, 0.1) is 11.5 Å². The average molecular weight is 369 g/mol. The fourth-order valence-corrected chi connectivity index (χ4v) is 3.25. The molecule has 8 nitrogen and oxygen atoms in total. The summed E-state index contributed by atoms with van der Waals surface area (Å²) in [5, 5.41) is 4.94. The summed E-state index contributed by atoms with van der Waals surface area (Å²) in [6, 6.07) is -0.627. The molecule has 0 spiro atoms. The second-order valence-corrected chi connectivity index (χ2v) is 7.55. The molecule has 0 aliphatic carbocycles. The molecule has 134 valence electrons. The molecule has 1 aromatic rings. The van der Waals surface area contributed by atoms with Gasteiger partial charge in [-0.2, -0.15) is 13.2 Å². The van der Waals surface area contributed by atoms with Gasteiger partial charge in [-0.3, -0.25) is 9.59 Å². The van der Waals surface area contributed by atoms with Crippen LogP contribution in [0.5, 0.6) is 0 Å². The lowest BCUT2D eigenvalue weighted by Gasteiger charge is -2.29. The molecule has 12 heteroatoms. The van der Waals surface area contributed by atoms with E-state index in [0.29, 0.717) is 6.07 Å². The van der Waals surface area contributed by atoms with Gasteiger partial charge >= 0.3 is 6.18 Å². The van der Waals surface area contributed by atoms with E-state index >= 15 is 0 Å². The molecular weight excluding hydrogens is 355 g/mol. The molecule has 1 unspecified atom stereocenters. The molecule has 1 N–H and O–H groups in total. The predicted molar refractivity (Wildman–Crippen MR) is 73.7 cm³/mol. The monoisotopic (exact) mass is 369 g/mol. The number of carbonyl (C=O) groups excluding carboxylic acids is 2. The van der Waals surface area contributed by atoms with Crippen LogP contribution in [0.1, 0.15) is 23.2 Å². The van der Waals surface area contributed by atoms with E-state index in [-0.39, 0.29) is 24.6 Å². The highest BCUT2D eigenvalue weighted by Crippen LogP contribution is 2.28. The summed E-state index contributed by atoms with van der Waals surface area (Å²) in [7, 11) is -3.16. The van der Waals surface area contributed by atoms with E-state index in [1.165, 1.54) is 11.8 Å². The molecule has 1 atom stereocenters. The van der Waals surface area contributed by atoms with E-state index in [1.54, 1.807) is 0 Å². The number of nitrogens with zero attached hydrogens (tertiary/aromatic N) is 2. The minimum Gasteiger partial charge on any atom is -0.350 e. The van der Waals surface area contributed by atoms with Crippen LogP contribution in [0.25, 0.3) is 0 Å². The lowest BCUT2D eigenvalue weighted by Crippen LogP contribution is -2.51. The maximum absolute atomic E-state index is 12.4. The van der Waals surface area contributed by atoms with E-state index in [0.717, 1.165) is 0 Å². The third kappa shape index (κ3) is 4.24. The number of rotatable bonds is 3. The van der Waals surface area contributed by atoms with Crippen molar-refractivity contribution in [3.63, 3.8) is 0 Å². The number of hydrogen-bond acceptors (Lipinski definition) is 6. The van der Waals surface area contributed by atoms with E-state index < -0.39 is 45.3 Å². The third-order valence-electron chi connectivity index (χ3n) is 3.40. The van der Waals surface area contributed by atoms with Crippen molar-refractivity contribution >= 4 is 21.7 Å². The number of alkyl halides is 3. The van der Waals surface area contributed by atoms with E-state index in [4.69, 9.17) is 0 Å². The molecule has 1 fully saturated rings. The van der Waals surface area contributed by atoms with Crippen molar-refractivity contribution in [2.45, 2.75) is 19.1 Å². The fourth-order valence-electron chi connectivity index (χ4n) is 2.05. The summed E-state index contributed by atoms with van der Waals surface area (Å²) >= 11 is 0. The summed E-state index contributed by atoms with van der Waals surface area (Å²) in [5.74, 6) is -2.58. The largest absolute Gasteiger partial charge is 0.436 e. The van der Waals surface area contributed by atoms with Gasteiger partial charge < -0.3 is 14.7 Å². The van der Waals surface area contributed by atoms with Crippen LogP contribution in [0.4, 0.5) is 13.2 Å². The molecule has 0 saturated carbocycles. The van der Waals surface area contributed by atoms with Crippen molar-refractivity contribution in [1.82, 2.24) is 15.4 Å². The number of amides is 2. The van der Waals surface area contributed by atoms with Crippen molar-refractivity contribution in [2.75, 3.05) is 24.6 Å². The normalized spacial score (nSPS) is 18.9. The van der Waals surface area contributed by atoms with Gasteiger partial charge in [0, 0.05) is 19.2 Å². The molecule has 2 amide bonds. The SMILES string of the molecule is CC(NC(=O)c1cc(C(F)(F)F)no1)C(=O)N1CCS(=O)(=O)CC1. The smallest absolute Gasteiger partial charge is 0.350 e. The van der Waals surface area contributed by atoms with Gasteiger partial charge in [-0.1, -0.05) is 5.16 Å². The topological polar surface area (TPSA) is 110 Å². The Labute approximate surface area is 134 Å². The first kappa shape index (κ1) is 18.2. The molecule has 1 aliphatic heterocycles. The van der Waals surface area contributed by atoms with Crippen LogP contribution >= 0.6 is 0 Å². The summed E-state index contributed by atoms with van der Waals surface area (Å²) in [6.45, 7) is 1.34. The Morgan fingerprint density at radius 3 is 2.42 bits per heavy atom. The Kier molecular flexibility index (Phi) is 4.87. The zero-order valence-electron chi connectivity index (χ0n) is 12.5. The average Bonchev–Trinajstić information content (AvgIpc) is 2.96. The molecule has 1 saturated heterocycles. The highest BCUT2D eigenvalue weighted by atomic mass is 32.2. The maximum Gasteiger partial charge on any atom is 0.436 e. The van der Waals surface area contributed by atoms with Gasteiger partial charge in [-0.05, 0) is 6.92 Å². The quantitative estimate of drug-likeness (QED) is 0.807. The minimum absolute atomic E-state index is 0.00189. The van der Waals surface area contributed by atoms with Crippen LogP contribution in [0.2, 0.25) is 0 Å². The zero-order valence-corrected chi connectivity index (χ0v) is 13.3. The lowest BCUT2D eigenvalue weighted by atomic mass is 10.2. The second kappa shape index (κ2) is 6.42. The van der Waals surface area contributed by atoms with Crippen molar-refractivity contribution in [1.29, 1.82) is 0 Å². The van der Waals surface area contributed by atoms with Crippen molar-refractivity contribution in [3.8, 4) is 0 Å². The van der Waals surface area contributed by atoms with Gasteiger partial charge in [-0.15, -0.1) is 0 Å². The van der Waals surface area contributed by atoms with Crippen LogP contribution in [-0.2, 0) is 20.8 Å². The third-order valence-corrected chi connectivity index (χ3v) is 5.01.